The largest absolute Gasteiger partial charge is 0.465 e. The summed E-state index contributed by atoms with van der Waals surface area (Å²) in [5, 5.41) is 11.4. The standard InChI is InChI=1S/C41H66O5S.C40H62O5S/c1-11-27(2)23-38-32(7)35(26-47-34-17-13-12-14-18-34)39(46-38)25-36(42)31(6)29(4)22-28(3)19-20-37-30(5)24-33(45-37)16-15-21-44-40(43)41(8,9)10;1-10-26(2)21-36-30(6)34(25-46-33-16-12-11-13-17-33)38(45-36)24-37-29(5)27(3)22-32(44-37)18-19-35-28(4)23-31(43-35)15-14-20-42-39(41)40(7,8)9/h12-14,17-18,27-29,32-33,35-39,42H,5-6,11,15-16,19-26H2,1-4,7-10H3;11-13,16-17,26-27,30-32,34-38H,4-5,10,14-15,18-25H2,1-3,6-9H3/t27-,28-,29-,32-,33+,35-,36?,37+,38-,39+;26-,27-,30-,31+,32+,34-,35+,36-,37-,38+/m11/s1. The molecule has 5 heterocycles. The van der Waals surface area contributed by atoms with Crippen LogP contribution in [0.1, 0.15) is 219 Å². The van der Waals surface area contributed by atoms with Crippen molar-refractivity contribution in [2.45, 2.75) is 296 Å². The van der Waals surface area contributed by atoms with Crippen molar-refractivity contribution < 1.29 is 47.9 Å². The lowest BCUT2D eigenvalue weighted by molar-refractivity contribution is -0.154. The van der Waals surface area contributed by atoms with Crippen molar-refractivity contribution in [3.63, 3.8) is 0 Å². The van der Waals surface area contributed by atoms with Gasteiger partial charge in [0.25, 0.3) is 0 Å². The average Bonchev–Trinajstić information content (AvgIpc) is 1.71. The summed E-state index contributed by atoms with van der Waals surface area (Å²) in [6.07, 6.45) is 18.0. The Bertz CT molecular complexity index is 2590. The number of thioether (sulfide) groups is 2. The number of hydrogen-bond donors (Lipinski definition) is 1. The lowest BCUT2D eigenvalue weighted by Gasteiger charge is -2.38. The third kappa shape index (κ3) is 25.2. The highest BCUT2D eigenvalue weighted by molar-refractivity contribution is 7.99. The molecule has 524 valence electrons. The topological polar surface area (TPSA) is 119 Å². The smallest absolute Gasteiger partial charge is 0.311 e. The third-order valence-electron chi connectivity index (χ3n) is 21.3. The Morgan fingerprint density at radius 3 is 1.51 bits per heavy atom. The molecular weight excluding hydrogens is 1200 g/mol. The number of carbonyl (C=O) groups is 2. The first-order chi connectivity index (χ1) is 44.0. The maximum Gasteiger partial charge on any atom is 0.311 e. The molecule has 5 aliphatic heterocycles. The van der Waals surface area contributed by atoms with Crippen LogP contribution in [0.25, 0.3) is 0 Å². The highest BCUT2D eigenvalue weighted by Gasteiger charge is 2.46. The van der Waals surface area contributed by atoms with E-state index < -0.39 is 16.9 Å². The molecule has 0 aliphatic carbocycles. The van der Waals surface area contributed by atoms with Crippen molar-refractivity contribution in [3.05, 3.63) is 109 Å². The van der Waals surface area contributed by atoms with E-state index in [2.05, 4.69) is 149 Å². The molecule has 10 nitrogen and oxygen atoms in total. The molecule has 93 heavy (non-hydrogen) atoms. The van der Waals surface area contributed by atoms with E-state index in [0.29, 0.717) is 73.1 Å². The van der Waals surface area contributed by atoms with Crippen molar-refractivity contribution >= 4 is 35.5 Å². The van der Waals surface area contributed by atoms with Crippen LogP contribution in [0.15, 0.2) is 119 Å². The van der Waals surface area contributed by atoms with Gasteiger partial charge in [0.05, 0.1) is 91.2 Å². The monoisotopic (exact) mass is 1320 g/mol. The molecule has 0 spiro atoms. The number of carbonyl (C=O) groups excluding carboxylic acids is 2. The van der Waals surface area contributed by atoms with E-state index in [1.165, 1.54) is 32.9 Å². The summed E-state index contributed by atoms with van der Waals surface area (Å²) in [7, 11) is 0. The van der Waals surface area contributed by atoms with Gasteiger partial charge in [0.2, 0.25) is 0 Å². The Labute approximate surface area is 574 Å². The van der Waals surface area contributed by atoms with Gasteiger partial charge in [-0.1, -0.05) is 138 Å². The maximum absolute atomic E-state index is 12.0. The van der Waals surface area contributed by atoms with Gasteiger partial charge in [-0.25, -0.2) is 0 Å². The second-order valence-corrected chi connectivity index (χ2v) is 33.6. The molecule has 2 aromatic carbocycles. The minimum Gasteiger partial charge on any atom is -0.465 e. The molecular formula is C81H128O10S2. The summed E-state index contributed by atoms with van der Waals surface area (Å²) in [6.45, 7) is 50.6. The normalized spacial score (nSPS) is 29.9. The molecule has 2 aromatic rings. The van der Waals surface area contributed by atoms with Gasteiger partial charge in [-0.15, -0.1) is 23.5 Å². The van der Waals surface area contributed by atoms with E-state index >= 15 is 0 Å². The fourth-order valence-electron chi connectivity index (χ4n) is 14.2. The Morgan fingerprint density at radius 1 is 0.581 bits per heavy atom. The second kappa shape index (κ2) is 38.2. The van der Waals surface area contributed by atoms with Crippen LogP contribution in [0.3, 0.4) is 0 Å². The molecule has 0 radical (unpaired) electrons. The van der Waals surface area contributed by atoms with Crippen LogP contribution < -0.4 is 0 Å². The fourth-order valence-corrected chi connectivity index (χ4v) is 16.8. The van der Waals surface area contributed by atoms with Crippen molar-refractivity contribution in [1.82, 2.24) is 0 Å². The van der Waals surface area contributed by atoms with E-state index in [-0.39, 0.29) is 72.8 Å². The quantitative estimate of drug-likeness (QED) is 0.0311. The zero-order valence-electron chi connectivity index (χ0n) is 60.6. The van der Waals surface area contributed by atoms with E-state index in [1.807, 2.05) is 65.1 Å². The second-order valence-electron chi connectivity index (χ2n) is 31.4. The first kappa shape index (κ1) is 78.8. The van der Waals surface area contributed by atoms with Gasteiger partial charge in [-0.3, -0.25) is 9.59 Å². The van der Waals surface area contributed by atoms with Crippen molar-refractivity contribution in [2.75, 3.05) is 24.7 Å². The summed E-state index contributed by atoms with van der Waals surface area (Å²) < 4.78 is 44.1. The molecule has 12 heteroatoms. The molecule has 5 aliphatic rings. The summed E-state index contributed by atoms with van der Waals surface area (Å²) in [5.74, 6) is 6.05. The average molecular weight is 1330 g/mol. The Kier molecular flexibility index (Phi) is 32.4. The number of benzene rings is 2. The SMILES string of the molecule is C=C(C(O)C[C@@H]1O[C@H](C[C@H](C)CC)[C@H](C)[C@H]1CSc1ccccc1)[C@H](C)C[C@H](C)CC[C@@H]1O[C@@H](CCCOC(=O)C(C)(C)C)CC1=C.C=C1C[C@H](CCCOC(=O)C(C)(C)C)O[C@H]1CC[C@H]1C[C@@H](C)C(=C)[C@@H](C[C@@H]2O[C@H](C[C@H](C)CC)[C@H](C)[C@H]2CSc2ccccc2)O1. The number of aliphatic hydroxyl groups excluding tert-OH is 1. The molecule has 5 saturated heterocycles. The molecule has 20 atom stereocenters. The Morgan fingerprint density at radius 2 is 1.03 bits per heavy atom. The van der Waals surface area contributed by atoms with E-state index in [0.717, 1.165) is 120 Å². The summed E-state index contributed by atoms with van der Waals surface area (Å²) in [6, 6.07) is 21.4. The van der Waals surface area contributed by atoms with Gasteiger partial charge in [0, 0.05) is 34.1 Å². The van der Waals surface area contributed by atoms with Crippen LogP contribution in [0.2, 0.25) is 0 Å². The van der Waals surface area contributed by atoms with Gasteiger partial charge in [0.1, 0.15) is 0 Å². The molecule has 0 aromatic heterocycles. The number of rotatable bonds is 34. The van der Waals surface area contributed by atoms with Crippen LogP contribution in [-0.2, 0) is 42.7 Å². The Hall–Kier alpha value is -3.20. The number of esters is 2. The van der Waals surface area contributed by atoms with Gasteiger partial charge < -0.3 is 38.3 Å². The first-order valence-electron chi connectivity index (χ1n) is 36.4. The molecule has 7 rings (SSSR count). The predicted molar refractivity (Wildman–Crippen MR) is 387 cm³/mol. The van der Waals surface area contributed by atoms with Crippen LogP contribution in [0.5, 0.6) is 0 Å². The van der Waals surface area contributed by atoms with Gasteiger partial charge in [0.15, 0.2) is 0 Å². The van der Waals surface area contributed by atoms with E-state index in [1.54, 1.807) is 0 Å². The highest BCUT2D eigenvalue weighted by Crippen LogP contribution is 2.46. The summed E-state index contributed by atoms with van der Waals surface area (Å²) in [4.78, 5) is 26.7. The minimum absolute atomic E-state index is 0.0220. The predicted octanol–water partition coefficient (Wildman–Crippen LogP) is 19.9. The molecule has 1 N–H and O–H groups in total. The van der Waals surface area contributed by atoms with Gasteiger partial charge >= 0.3 is 11.9 Å². The van der Waals surface area contributed by atoms with Crippen LogP contribution in [-0.4, -0.2) is 109 Å². The van der Waals surface area contributed by atoms with E-state index in [9.17, 15) is 14.7 Å². The van der Waals surface area contributed by atoms with E-state index in [4.69, 9.17) is 33.2 Å². The molecule has 0 bridgehead atoms. The Balaban J connectivity index is 0.000000295. The maximum atomic E-state index is 12.0. The number of ether oxygens (including phenoxy) is 7. The molecule has 5 fully saturated rings. The van der Waals surface area contributed by atoms with Crippen molar-refractivity contribution in [2.24, 2.45) is 64.1 Å². The van der Waals surface area contributed by atoms with Crippen LogP contribution >= 0.6 is 23.5 Å². The lowest BCUT2D eigenvalue weighted by atomic mass is 9.81. The zero-order valence-corrected chi connectivity index (χ0v) is 62.3. The number of aliphatic hydroxyl groups is 1. The van der Waals surface area contributed by atoms with Gasteiger partial charge in [-0.05, 0) is 231 Å². The minimum atomic E-state index is -0.567. The van der Waals surface area contributed by atoms with Crippen molar-refractivity contribution in [1.29, 1.82) is 0 Å². The highest BCUT2D eigenvalue weighted by atomic mass is 32.2. The zero-order chi connectivity index (χ0) is 68.2. The molecule has 0 amide bonds. The first-order valence-corrected chi connectivity index (χ1v) is 38.4. The summed E-state index contributed by atoms with van der Waals surface area (Å²) >= 11 is 3.87. The van der Waals surface area contributed by atoms with Crippen LogP contribution in [0.4, 0.5) is 0 Å². The molecule has 1 unspecified atom stereocenters. The lowest BCUT2D eigenvalue weighted by Crippen LogP contribution is -2.38. The van der Waals surface area contributed by atoms with Crippen molar-refractivity contribution in [3.8, 4) is 0 Å². The fraction of sp³-hybridized carbons (Fsp3) is 0.728. The summed E-state index contributed by atoms with van der Waals surface area (Å²) in [5.41, 5.74) is 3.59. The van der Waals surface area contributed by atoms with Crippen LogP contribution in [0, 0.1) is 64.1 Å². The van der Waals surface area contributed by atoms with Gasteiger partial charge in [-0.2, -0.15) is 0 Å². The number of hydrogen-bond acceptors (Lipinski definition) is 12. The molecule has 0 saturated carbocycles. The third-order valence-corrected chi connectivity index (χ3v) is 23.6.